The van der Waals surface area contributed by atoms with E-state index in [4.69, 9.17) is 0 Å². The van der Waals surface area contributed by atoms with E-state index in [0.29, 0.717) is 36.3 Å². The molecule has 0 saturated carbocycles. The van der Waals surface area contributed by atoms with Gasteiger partial charge in [0.25, 0.3) is 11.8 Å². The number of carbonyl (C=O) groups is 3. The van der Waals surface area contributed by atoms with Gasteiger partial charge in [0.1, 0.15) is 0 Å². The Kier molecular flexibility index (Phi) is 5.65. The summed E-state index contributed by atoms with van der Waals surface area (Å²) in [4.78, 5) is 41.0. The van der Waals surface area contributed by atoms with E-state index in [2.05, 4.69) is 11.4 Å². The Morgan fingerprint density at radius 3 is 2.27 bits per heavy atom. The smallest absolute Gasteiger partial charge is 0.258 e. The highest BCUT2D eigenvalue weighted by Gasteiger charge is 2.25. The van der Waals surface area contributed by atoms with Gasteiger partial charge in [-0.1, -0.05) is 30.3 Å². The molecule has 1 N–H and O–H groups in total. The van der Waals surface area contributed by atoms with E-state index in [1.807, 2.05) is 35.2 Å². The molecular formula is C27H25N3O3. The van der Waals surface area contributed by atoms with Crippen molar-refractivity contribution >= 4 is 29.1 Å². The Morgan fingerprint density at radius 2 is 1.55 bits per heavy atom. The Labute approximate surface area is 192 Å². The molecule has 2 aliphatic rings. The summed E-state index contributed by atoms with van der Waals surface area (Å²) in [6.45, 7) is 2.06. The lowest BCUT2D eigenvalue weighted by Crippen LogP contribution is -2.28. The Hall–Kier alpha value is -3.93. The van der Waals surface area contributed by atoms with E-state index < -0.39 is 0 Å². The van der Waals surface area contributed by atoms with Crippen molar-refractivity contribution in [1.82, 2.24) is 4.90 Å². The van der Waals surface area contributed by atoms with Gasteiger partial charge in [0.15, 0.2) is 0 Å². The van der Waals surface area contributed by atoms with Gasteiger partial charge in [-0.15, -0.1) is 0 Å². The molecule has 166 valence electrons. The molecule has 3 amide bonds. The lowest BCUT2D eigenvalue weighted by Gasteiger charge is -2.17. The van der Waals surface area contributed by atoms with Crippen LogP contribution in [0, 0.1) is 0 Å². The first-order valence-corrected chi connectivity index (χ1v) is 11.3. The predicted molar refractivity (Wildman–Crippen MR) is 127 cm³/mol. The fraction of sp³-hybridized carbons (Fsp3) is 0.222. The van der Waals surface area contributed by atoms with Crippen LogP contribution in [0.4, 0.5) is 11.4 Å². The van der Waals surface area contributed by atoms with Crippen LogP contribution in [-0.2, 0) is 17.8 Å². The summed E-state index contributed by atoms with van der Waals surface area (Å²) >= 11 is 0. The molecule has 2 aliphatic heterocycles. The fourth-order valence-electron chi connectivity index (χ4n) is 4.46. The molecule has 3 aromatic carbocycles. The molecule has 33 heavy (non-hydrogen) atoms. The van der Waals surface area contributed by atoms with Gasteiger partial charge in [-0.3, -0.25) is 14.4 Å². The molecule has 0 atom stereocenters. The number of carbonyl (C=O) groups excluding carboxylic acids is 3. The van der Waals surface area contributed by atoms with Crippen LogP contribution in [0.15, 0.2) is 72.8 Å². The van der Waals surface area contributed by atoms with Gasteiger partial charge in [-0.25, -0.2) is 0 Å². The third-order valence-corrected chi connectivity index (χ3v) is 6.28. The Bertz CT molecular complexity index is 1200. The number of fused-ring (bicyclic) bond motifs is 1. The van der Waals surface area contributed by atoms with Crippen molar-refractivity contribution in [3.8, 4) is 0 Å². The van der Waals surface area contributed by atoms with Crippen molar-refractivity contribution < 1.29 is 14.4 Å². The van der Waals surface area contributed by atoms with E-state index in [1.54, 1.807) is 41.3 Å². The molecule has 6 heteroatoms. The van der Waals surface area contributed by atoms with Crippen LogP contribution in [0.5, 0.6) is 0 Å². The largest absolute Gasteiger partial charge is 0.338 e. The van der Waals surface area contributed by atoms with Crippen molar-refractivity contribution in [2.24, 2.45) is 0 Å². The number of para-hydroxylation sites is 1. The van der Waals surface area contributed by atoms with Gasteiger partial charge >= 0.3 is 0 Å². The normalized spacial score (nSPS) is 15.0. The highest BCUT2D eigenvalue weighted by atomic mass is 16.2. The topological polar surface area (TPSA) is 69.7 Å². The lowest BCUT2D eigenvalue weighted by molar-refractivity contribution is -0.128. The number of benzene rings is 3. The first-order chi connectivity index (χ1) is 16.1. The standard InChI is InChI=1S/C27H25N3O3/c31-25-6-3-16-29(25)18-19-7-9-21(10-8-19)26(32)28-23-13-11-22(12-14-23)27(33)30-17-15-20-4-1-2-5-24(20)30/h1-2,4-5,7-14H,3,6,15-18H2,(H,28,32). The molecule has 1 saturated heterocycles. The molecule has 0 spiro atoms. The average Bonchev–Trinajstić information content (AvgIpc) is 3.45. The number of hydrogen-bond acceptors (Lipinski definition) is 3. The minimum Gasteiger partial charge on any atom is -0.338 e. The summed E-state index contributed by atoms with van der Waals surface area (Å²) in [5.74, 6) is -0.0658. The fourth-order valence-corrected chi connectivity index (χ4v) is 4.46. The molecule has 6 nitrogen and oxygen atoms in total. The van der Waals surface area contributed by atoms with E-state index in [9.17, 15) is 14.4 Å². The maximum Gasteiger partial charge on any atom is 0.258 e. The molecule has 3 aromatic rings. The number of nitrogens with zero attached hydrogens (tertiary/aromatic N) is 2. The number of nitrogens with one attached hydrogen (secondary N) is 1. The molecule has 1 fully saturated rings. The molecule has 5 rings (SSSR count). The Morgan fingerprint density at radius 1 is 0.818 bits per heavy atom. The molecule has 0 unspecified atom stereocenters. The van der Waals surface area contributed by atoms with Gasteiger partial charge < -0.3 is 15.1 Å². The van der Waals surface area contributed by atoms with Crippen molar-refractivity contribution in [2.45, 2.75) is 25.8 Å². The number of likely N-dealkylation sites (tertiary alicyclic amines) is 1. The predicted octanol–water partition coefficient (Wildman–Crippen LogP) is 4.26. The summed E-state index contributed by atoms with van der Waals surface area (Å²) < 4.78 is 0. The summed E-state index contributed by atoms with van der Waals surface area (Å²) in [6, 6.07) is 22.3. The number of amides is 3. The van der Waals surface area contributed by atoms with Gasteiger partial charge in [-0.2, -0.15) is 0 Å². The highest BCUT2D eigenvalue weighted by Crippen LogP contribution is 2.29. The lowest BCUT2D eigenvalue weighted by atomic mass is 10.1. The molecule has 0 aliphatic carbocycles. The van der Waals surface area contributed by atoms with Gasteiger partial charge in [-0.05, 0) is 66.4 Å². The minimum absolute atomic E-state index is 0.0371. The first-order valence-electron chi connectivity index (χ1n) is 11.3. The summed E-state index contributed by atoms with van der Waals surface area (Å²) in [7, 11) is 0. The number of anilines is 2. The monoisotopic (exact) mass is 439 g/mol. The average molecular weight is 440 g/mol. The van der Waals surface area contributed by atoms with Crippen molar-refractivity contribution in [2.75, 3.05) is 23.3 Å². The second kappa shape index (κ2) is 8.90. The van der Waals surface area contributed by atoms with E-state index in [-0.39, 0.29) is 17.7 Å². The summed E-state index contributed by atoms with van der Waals surface area (Å²) in [5.41, 5.74) is 4.93. The van der Waals surface area contributed by atoms with Crippen LogP contribution in [0.3, 0.4) is 0 Å². The minimum atomic E-state index is -0.216. The van der Waals surface area contributed by atoms with Crippen LogP contribution < -0.4 is 10.2 Å². The molecule has 2 heterocycles. The van der Waals surface area contributed by atoms with Gasteiger partial charge in [0.05, 0.1) is 0 Å². The summed E-state index contributed by atoms with van der Waals surface area (Å²) in [6.07, 6.45) is 2.40. The van der Waals surface area contributed by atoms with E-state index in [0.717, 1.165) is 30.6 Å². The molecular weight excluding hydrogens is 414 g/mol. The maximum absolute atomic E-state index is 13.0. The molecule has 0 radical (unpaired) electrons. The zero-order valence-corrected chi connectivity index (χ0v) is 18.3. The van der Waals surface area contributed by atoms with Gasteiger partial charge in [0.2, 0.25) is 5.91 Å². The molecule has 0 bridgehead atoms. The van der Waals surface area contributed by atoms with Crippen LogP contribution in [-0.4, -0.2) is 35.7 Å². The second-order valence-electron chi connectivity index (χ2n) is 8.48. The number of hydrogen-bond donors (Lipinski definition) is 1. The highest BCUT2D eigenvalue weighted by molar-refractivity contribution is 6.08. The van der Waals surface area contributed by atoms with Crippen LogP contribution >= 0.6 is 0 Å². The van der Waals surface area contributed by atoms with E-state index >= 15 is 0 Å². The quantitative estimate of drug-likeness (QED) is 0.646. The van der Waals surface area contributed by atoms with Crippen molar-refractivity contribution in [3.05, 3.63) is 95.1 Å². The van der Waals surface area contributed by atoms with Crippen LogP contribution in [0.1, 0.15) is 44.7 Å². The zero-order chi connectivity index (χ0) is 22.8. The maximum atomic E-state index is 13.0. The third kappa shape index (κ3) is 4.37. The first kappa shape index (κ1) is 20.9. The van der Waals surface area contributed by atoms with Gasteiger partial charge in [0, 0.05) is 48.6 Å². The van der Waals surface area contributed by atoms with Crippen molar-refractivity contribution in [3.63, 3.8) is 0 Å². The SMILES string of the molecule is O=C(Nc1ccc(C(=O)N2CCc3ccccc32)cc1)c1ccc(CN2CCCC2=O)cc1. The zero-order valence-electron chi connectivity index (χ0n) is 18.3. The van der Waals surface area contributed by atoms with E-state index in [1.165, 1.54) is 5.56 Å². The third-order valence-electron chi connectivity index (χ3n) is 6.28. The summed E-state index contributed by atoms with van der Waals surface area (Å²) in [5, 5.41) is 2.88. The van der Waals surface area contributed by atoms with Crippen LogP contribution in [0.2, 0.25) is 0 Å². The Balaban J connectivity index is 1.21. The van der Waals surface area contributed by atoms with Crippen molar-refractivity contribution in [1.29, 1.82) is 0 Å². The van der Waals surface area contributed by atoms with Crippen LogP contribution in [0.25, 0.3) is 0 Å². The molecule has 0 aromatic heterocycles. The number of rotatable bonds is 5. The second-order valence-corrected chi connectivity index (χ2v) is 8.48.